The lowest BCUT2D eigenvalue weighted by atomic mass is 10.1. The van der Waals surface area contributed by atoms with Crippen molar-refractivity contribution in [3.05, 3.63) is 54.5 Å². The summed E-state index contributed by atoms with van der Waals surface area (Å²) in [5, 5.41) is 19.7. The summed E-state index contributed by atoms with van der Waals surface area (Å²) in [6.45, 7) is 1.40. The van der Waals surface area contributed by atoms with Crippen LogP contribution >= 0.6 is 0 Å². The van der Waals surface area contributed by atoms with E-state index in [1.165, 1.54) is 11.0 Å². The summed E-state index contributed by atoms with van der Waals surface area (Å²) < 4.78 is 45.2. The Balaban J connectivity index is 1.13. The third-order valence-corrected chi connectivity index (χ3v) is 5.29. The molecule has 0 spiro atoms. The number of nitrogens with zero attached hydrogens (tertiary/aromatic N) is 11. The normalized spacial score (nSPS) is 15.0. The van der Waals surface area contributed by atoms with Crippen molar-refractivity contribution < 1.29 is 17.9 Å². The smallest absolute Gasteiger partial charge is 0.419 e. The maximum atomic E-state index is 12.7. The van der Waals surface area contributed by atoms with E-state index in [-0.39, 0.29) is 18.6 Å². The first-order valence-corrected chi connectivity index (χ1v) is 10.3. The summed E-state index contributed by atoms with van der Waals surface area (Å²) in [6, 6.07) is 3.56. The Bertz CT molecular complexity index is 1200. The molecule has 12 nitrogen and oxygen atoms in total. The van der Waals surface area contributed by atoms with Gasteiger partial charge in [-0.2, -0.15) is 32.8 Å². The predicted octanol–water partition coefficient (Wildman–Crippen LogP) is 1.88. The van der Waals surface area contributed by atoms with E-state index in [1.807, 2.05) is 4.90 Å². The molecule has 0 radical (unpaired) electrons. The molecule has 0 aromatic carbocycles. The average Bonchev–Trinajstić information content (AvgIpc) is 3.56. The molecule has 0 N–H and O–H groups in total. The van der Waals surface area contributed by atoms with E-state index in [9.17, 15) is 13.2 Å². The van der Waals surface area contributed by atoms with Crippen molar-refractivity contribution in [1.29, 1.82) is 0 Å². The summed E-state index contributed by atoms with van der Waals surface area (Å²) in [7, 11) is 0. The number of anilines is 1. The fourth-order valence-electron chi connectivity index (χ4n) is 3.50. The van der Waals surface area contributed by atoms with Gasteiger partial charge in [-0.25, -0.2) is 15.0 Å². The molecule has 1 fully saturated rings. The zero-order valence-electron chi connectivity index (χ0n) is 17.6. The van der Waals surface area contributed by atoms with Gasteiger partial charge in [0.25, 0.3) is 0 Å². The monoisotopic (exact) mass is 473 g/mol. The van der Waals surface area contributed by atoms with Crippen LogP contribution in [0.3, 0.4) is 0 Å². The van der Waals surface area contributed by atoms with Gasteiger partial charge in [-0.3, -0.25) is 0 Å². The first-order chi connectivity index (χ1) is 16.5. The molecule has 5 heterocycles. The van der Waals surface area contributed by atoms with Gasteiger partial charge in [0.05, 0.1) is 24.0 Å². The van der Waals surface area contributed by atoms with Crippen LogP contribution in [0, 0.1) is 0 Å². The highest BCUT2D eigenvalue weighted by molar-refractivity contribution is 5.31. The number of aromatic nitrogens is 10. The molecule has 1 saturated heterocycles. The molecule has 0 bridgehead atoms. The van der Waals surface area contributed by atoms with Crippen LogP contribution in [0.2, 0.25) is 0 Å². The predicted molar refractivity (Wildman–Crippen MR) is 109 cm³/mol. The van der Waals surface area contributed by atoms with Crippen molar-refractivity contribution in [2.75, 3.05) is 18.0 Å². The van der Waals surface area contributed by atoms with Gasteiger partial charge in [-0.1, -0.05) is 0 Å². The van der Waals surface area contributed by atoms with E-state index in [4.69, 9.17) is 4.74 Å². The second-order valence-electron chi connectivity index (χ2n) is 7.54. The van der Waals surface area contributed by atoms with Gasteiger partial charge in [0.15, 0.2) is 5.82 Å². The van der Waals surface area contributed by atoms with Crippen molar-refractivity contribution >= 4 is 5.95 Å². The lowest BCUT2D eigenvalue weighted by Crippen LogP contribution is -2.36. The summed E-state index contributed by atoms with van der Waals surface area (Å²) >= 11 is 0. The first-order valence-electron chi connectivity index (χ1n) is 10.3. The van der Waals surface area contributed by atoms with Crippen LogP contribution < -0.4 is 9.64 Å². The first kappa shape index (κ1) is 21.7. The number of piperidine rings is 1. The summed E-state index contributed by atoms with van der Waals surface area (Å²) in [4.78, 5) is 15.5. The van der Waals surface area contributed by atoms with Crippen molar-refractivity contribution in [1.82, 2.24) is 50.2 Å². The fourth-order valence-corrected chi connectivity index (χ4v) is 3.50. The largest absolute Gasteiger partial charge is 0.486 e. The molecule has 4 aromatic rings. The molecule has 15 heteroatoms. The number of alkyl halides is 3. The number of tetrazole rings is 1. The van der Waals surface area contributed by atoms with E-state index in [0.717, 1.165) is 12.4 Å². The Kier molecular flexibility index (Phi) is 5.73. The van der Waals surface area contributed by atoms with E-state index < -0.39 is 11.7 Å². The molecule has 0 unspecified atom stereocenters. The Labute approximate surface area is 190 Å². The van der Waals surface area contributed by atoms with Crippen LogP contribution in [0.1, 0.15) is 30.1 Å². The van der Waals surface area contributed by atoms with E-state index >= 15 is 0 Å². The number of pyridine rings is 1. The second kappa shape index (κ2) is 8.99. The summed E-state index contributed by atoms with van der Waals surface area (Å²) in [5.41, 5.74) is -0.195. The number of hydrogen-bond donors (Lipinski definition) is 0. The number of halogens is 3. The van der Waals surface area contributed by atoms with Crippen molar-refractivity contribution in [2.45, 2.75) is 31.7 Å². The van der Waals surface area contributed by atoms with E-state index in [1.54, 1.807) is 29.3 Å². The van der Waals surface area contributed by atoms with Gasteiger partial charge in [0.2, 0.25) is 5.95 Å². The van der Waals surface area contributed by atoms with Crippen molar-refractivity contribution in [3.63, 3.8) is 0 Å². The van der Waals surface area contributed by atoms with Crippen molar-refractivity contribution in [3.8, 4) is 11.6 Å². The standard InChI is InChI=1S/C19H18F3N11O/c20-19(21,22)13-7-24-18(25-8-13)31-5-3-15(4-6-31)33-27-9-14(28-33)11-34-16-1-2-17(23-10-16)32-12-26-29-30-32/h1-2,7-10,12,15H,3-6,11H2. The molecule has 1 aliphatic rings. The summed E-state index contributed by atoms with van der Waals surface area (Å²) in [5.74, 6) is 1.42. The van der Waals surface area contributed by atoms with Gasteiger partial charge in [0.1, 0.15) is 24.4 Å². The zero-order chi connectivity index (χ0) is 23.5. The van der Waals surface area contributed by atoms with E-state index in [2.05, 4.69) is 40.7 Å². The molecule has 0 atom stereocenters. The van der Waals surface area contributed by atoms with Gasteiger partial charge in [-0.15, -0.1) is 5.10 Å². The lowest BCUT2D eigenvalue weighted by Gasteiger charge is -2.31. The maximum Gasteiger partial charge on any atom is 0.419 e. The molecular formula is C19H18F3N11O. The Morgan fingerprint density at radius 3 is 2.44 bits per heavy atom. The molecule has 176 valence electrons. The summed E-state index contributed by atoms with van der Waals surface area (Å²) in [6.07, 6.45) is 3.25. The third-order valence-electron chi connectivity index (χ3n) is 5.29. The van der Waals surface area contributed by atoms with Gasteiger partial charge in [-0.05, 0) is 35.4 Å². The molecule has 5 rings (SSSR count). The van der Waals surface area contributed by atoms with Crippen molar-refractivity contribution in [2.24, 2.45) is 0 Å². The van der Waals surface area contributed by atoms with Crippen LogP contribution in [-0.4, -0.2) is 63.2 Å². The fraction of sp³-hybridized carbons (Fsp3) is 0.368. The molecule has 0 saturated carbocycles. The molecule has 34 heavy (non-hydrogen) atoms. The topological polar surface area (TPSA) is 125 Å². The molecule has 4 aromatic heterocycles. The third kappa shape index (κ3) is 4.77. The molecule has 0 amide bonds. The zero-order valence-corrected chi connectivity index (χ0v) is 17.6. The molecule has 0 aliphatic carbocycles. The van der Waals surface area contributed by atoms with Crippen LogP contribution in [0.5, 0.6) is 5.75 Å². The minimum Gasteiger partial charge on any atom is -0.486 e. The van der Waals surface area contributed by atoms with Gasteiger partial charge in [0, 0.05) is 25.5 Å². The highest BCUT2D eigenvalue weighted by Gasteiger charge is 2.32. The number of ether oxygens (including phenoxy) is 1. The van der Waals surface area contributed by atoms with Gasteiger partial charge >= 0.3 is 6.18 Å². The second-order valence-corrected chi connectivity index (χ2v) is 7.54. The SMILES string of the molecule is FC(F)(F)c1cnc(N2CCC(n3ncc(COc4ccc(-n5cnnn5)nc4)n3)CC2)nc1. The van der Waals surface area contributed by atoms with E-state index in [0.29, 0.717) is 43.2 Å². The van der Waals surface area contributed by atoms with Crippen LogP contribution in [-0.2, 0) is 12.8 Å². The lowest BCUT2D eigenvalue weighted by molar-refractivity contribution is -0.138. The van der Waals surface area contributed by atoms with Gasteiger partial charge < -0.3 is 9.64 Å². The van der Waals surface area contributed by atoms with Crippen LogP contribution in [0.25, 0.3) is 5.82 Å². The van der Waals surface area contributed by atoms with Crippen LogP contribution in [0.4, 0.5) is 19.1 Å². The van der Waals surface area contributed by atoms with Crippen LogP contribution in [0.15, 0.2) is 43.2 Å². The quantitative estimate of drug-likeness (QED) is 0.410. The minimum atomic E-state index is -4.45. The Morgan fingerprint density at radius 2 is 1.79 bits per heavy atom. The average molecular weight is 473 g/mol. The maximum absolute atomic E-state index is 12.7. The number of hydrogen-bond acceptors (Lipinski definition) is 10. The molecular weight excluding hydrogens is 455 g/mol. The minimum absolute atomic E-state index is 0.0664. The number of rotatable bonds is 6. The highest BCUT2D eigenvalue weighted by Crippen LogP contribution is 2.29. The Hall–Kier alpha value is -4.17. The molecule has 1 aliphatic heterocycles. The Morgan fingerprint density at radius 1 is 1.00 bits per heavy atom. The highest BCUT2D eigenvalue weighted by atomic mass is 19.4.